The number of nitrogens with zero attached hydrogens (tertiary/aromatic N) is 3. The van der Waals surface area contributed by atoms with Crippen molar-refractivity contribution in [2.45, 2.75) is 19.3 Å². The molecule has 2 N–H and O–H groups in total. The molecule has 8 nitrogen and oxygen atoms in total. The first-order valence-corrected chi connectivity index (χ1v) is 11.4. The number of hydrogen-bond donors (Lipinski definition) is 2. The van der Waals surface area contributed by atoms with Crippen molar-refractivity contribution >= 4 is 41.5 Å². The average Bonchev–Trinajstić information content (AvgIpc) is 3.34. The van der Waals surface area contributed by atoms with Gasteiger partial charge in [-0.15, -0.1) is 24.0 Å². The molecule has 32 heavy (non-hydrogen) atoms. The molecule has 1 atom stereocenters. The monoisotopic (exact) mass is 559 g/mol. The van der Waals surface area contributed by atoms with E-state index in [-0.39, 0.29) is 29.9 Å². The molecule has 0 radical (unpaired) electrons. The maximum atomic E-state index is 12.5. The second-order valence-corrected chi connectivity index (χ2v) is 8.04. The zero-order chi connectivity index (χ0) is 21.7. The summed E-state index contributed by atoms with van der Waals surface area (Å²) >= 11 is 0. The molecule has 3 rings (SSSR count). The normalized spacial score (nSPS) is 18.9. The van der Waals surface area contributed by atoms with E-state index in [9.17, 15) is 4.79 Å². The van der Waals surface area contributed by atoms with Gasteiger partial charge in [-0.05, 0) is 25.0 Å². The van der Waals surface area contributed by atoms with E-state index in [2.05, 4.69) is 44.8 Å². The lowest BCUT2D eigenvalue weighted by Gasteiger charge is -2.36. The Morgan fingerprint density at radius 1 is 1.16 bits per heavy atom. The first-order chi connectivity index (χ1) is 15.3. The van der Waals surface area contributed by atoms with Crippen molar-refractivity contribution in [3.63, 3.8) is 0 Å². The minimum absolute atomic E-state index is 0. The van der Waals surface area contributed by atoms with Gasteiger partial charge in [-0.3, -0.25) is 9.79 Å². The van der Waals surface area contributed by atoms with Gasteiger partial charge in [0.1, 0.15) is 0 Å². The Morgan fingerprint density at radius 2 is 1.91 bits per heavy atom. The first kappa shape index (κ1) is 26.7. The maximum absolute atomic E-state index is 12.5. The Balaban J connectivity index is 0.00000363. The number of benzene rings is 1. The van der Waals surface area contributed by atoms with Gasteiger partial charge in [0.2, 0.25) is 5.91 Å². The molecular formula is C23H38IN5O3. The molecule has 2 aliphatic heterocycles. The van der Waals surface area contributed by atoms with Crippen LogP contribution in [0.2, 0.25) is 0 Å². The van der Waals surface area contributed by atoms with Crippen LogP contribution in [0.5, 0.6) is 0 Å². The summed E-state index contributed by atoms with van der Waals surface area (Å²) in [5.74, 6) is 1.48. The van der Waals surface area contributed by atoms with Crippen molar-refractivity contribution in [1.29, 1.82) is 0 Å². The molecule has 0 aromatic heterocycles. The molecule has 0 bridgehead atoms. The summed E-state index contributed by atoms with van der Waals surface area (Å²) in [6.45, 7) is 7.88. The predicted octanol–water partition coefficient (Wildman–Crippen LogP) is 1.95. The van der Waals surface area contributed by atoms with E-state index in [0.717, 1.165) is 78.0 Å². The third-order valence-corrected chi connectivity index (χ3v) is 5.74. The maximum Gasteiger partial charge on any atom is 0.224 e. The van der Waals surface area contributed by atoms with Gasteiger partial charge in [-0.2, -0.15) is 0 Å². The number of nitrogens with one attached hydrogen (secondary N) is 2. The van der Waals surface area contributed by atoms with Gasteiger partial charge < -0.3 is 29.9 Å². The summed E-state index contributed by atoms with van der Waals surface area (Å²) in [4.78, 5) is 21.1. The van der Waals surface area contributed by atoms with Crippen LogP contribution in [0.25, 0.3) is 0 Å². The van der Waals surface area contributed by atoms with Gasteiger partial charge in [0.25, 0.3) is 0 Å². The topological polar surface area (TPSA) is 78.4 Å². The summed E-state index contributed by atoms with van der Waals surface area (Å²) in [5.41, 5.74) is 1.23. The average molecular weight is 559 g/mol. The highest BCUT2D eigenvalue weighted by Crippen LogP contribution is 2.16. The second kappa shape index (κ2) is 15.3. The molecule has 2 fully saturated rings. The summed E-state index contributed by atoms with van der Waals surface area (Å²) in [5, 5.41) is 6.51. The van der Waals surface area contributed by atoms with Crippen LogP contribution in [-0.2, 0) is 14.3 Å². The number of para-hydroxylation sites is 1. The van der Waals surface area contributed by atoms with Crippen molar-refractivity contribution in [3.05, 3.63) is 30.3 Å². The lowest BCUT2D eigenvalue weighted by atomic mass is 10.1. The quantitative estimate of drug-likeness (QED) is 0.198. The number of carbonyl (C=O) groups excluding carboxylic acids is 1. The molecule has 2 saturated heterocycles. The number of carbonyl (C=O) groups is 1. The van der Waals surface area contributed by atoms with E-state index in [1.54, 1.807) is 7.05 Å². The van der Waals surface area contributed by atoms with Crippen molar-refractivity contribution < 1.29 is 14.3 Å². The number of hydrogen-bond acceptors (Lipinski definition) is 5. The van der Waals surface area contributed by atoms with E-state index in [4.69, 9.17) is 9.47 Å². The van der Waals surface area contributed by atoms with Crippen LogP contribution in [0.3, 0.4) is 0 Å². The van der Waals surface area contributed by atoms with Crippen LogP contribution in [0.1, 0.15) is 19.3 Å². The zero-order valence-electron chi connectivity index (χ0n) is 19.1. The SMILES string of the molecule is CN=C(NCCCOCC1CCOC1)NCCC(=O)N1CCN(c2ccccc2)CC1.I. The molecule has 0 spiro atoms. The summed E-state index contributed by atoms with van der Waals surface area (Å²) in [6, 6.07) is 10.4. The van der Waals surface area contributed by atoms with Gasteiger partial charge in [-0.25, -0.2) is 0 Å². The fourth-order valence-corrected chi connectivity index (χ4v) is 3.87. The van der Waals surface area contributed by atoms with E-state index < -0.39 is 0 Å². The van der Waals surface area contributed by atoms with E-state index in [1.807, 2.05) is 11.0 Å². The Hall–Kier alpha value is -1.59. The molecule has 0 aliphatic carbocycles. The second-order valence-electron chi connectivity index (χ2n) is 8.04. The largest absolute Gasteiger partial charge is 0.381 e. The van der Waals surface area contributed by atoms with Crippen LogP contribution < -0.4 is 15.5 Å². The van der Waals surface area contributed by atoms with E-state index >= 15 is 0 Å². The van der Waals surface area contributed by atoms with Crippen LogP contribution in [0, 0.1) is 5.92 Å². The van der Waals surface area contributed by atoms with Gasteiger partial charge in [-0.1, -0.05) is 18.2 Å². The highest BCUT2D eigenvalue weighted by molar-refractivity contribution is 14.0. The molecule has 9 heteroatoms. The van der Waals surface area contributed by atoms with Crippen LogP contribution >= 0.6 is 24.0 Å². The number of anilines is 1. The van der Waals surface area contributed by atoms with Crippen molar-refractivity contribution in [3.8, 4) is 0 Å². The van der Waals surface area contributed by atoms with Gasteiger partial charge in [0, 0.05) is 77.6 Å². The number of amides is 1. The lowest BCUT2D eigenvalue weighted by molar-refractivity contribution is -0.131. The molecule has 2 heterocycles. The van der Waals surface area contributed by atoms with Crippen molar-refractivity contribution in [2.24, 2.45) is 10.9 Å². The third-order valence-electron chi connectivity index (χ3n) is 5.74. The molecule has 1 aromatic carbocycles. The predicted molar refractivity (Wildman–Crippen MR) is 139 cm³/mol. The van der Waals surface area contributed by atoms with Gasteiger partial charge in [0.05, 0.1) is 13.2 Å². The number of halogens is 1. The van der Waals surface area contributed by atoms with E-state index in [1.165, 1.54) is 5.69 Å². The number of rotatable bonds is 10. The molecule has 2 aliphatic rings. The number of guanidine groups is 1. The zero-order valence-corrected chi connectivity index (χ0v) is 21.5. The van der Waals surface area contributed by atoms with Crippen LogP contribution in [0.4, 0.5) is 5.69 Å². The van der Waals surface area contributed by atoms with Crippen LogP contribution in [0.15, 0.2) is 35.3 Å². The summed E-state index contributed by atoms with van der Waals surface area (Å²) < 4.78 is 11.1. The Morgan fingerprint density at radius 3 is 2.59 bits per heavy atom. The van der Waals surface area contributed by atoms with E-state index in [0.29, 0.717) is 18.9 Å². The summed E-state index contributed by atoms with van der Waals surface area (Å²) in [6.07, 6.45) is 2.49. The Labute approximate surface area is 209 Å². The number of aliphatic imine (C=N–C) groups is 1. The lowest BCUT2D eigenvalue weighted by Crippen LogP contribution is -2.49. The minimum atomic E-state index is 0. The fourth-order valence-electron chi connectivity index (χ4n) is 3.87. The van der Waals surface area contributed by atoms with Gasteiger partial charge >= 0.3 is 0 Å². The molecule has 180 valence electrons. The molecule has 0 saturated carbocycles. The number of piperazine rings is 1. The summed E-state index contributed by atoms with van der Waals surface area (Å²) in [7, 11) is 1.75. The number of ether oxygens (including phenoxy) is 2. The van der Waals surface area contributed by atoms with Gasteiger partial charge in [0.15, 0.2) is 5.96 Å². The Bertz CT molecular complexity index is 677. The molecule has 1 unspecified atom stereocenters. The van der Waals surface area contributed by atoms with Crippen molar-refractivity contribution in [1.82, 2.24) is 15.5 Å². The molecular weight excluding hydrogens is 521 g/mol. The first-order valence-electron chi connectivity index (χ1n) is 11.4. The minimum Gasteiger partial charge on any atom is -0.381 e. The molecule has 1 amide bonds. The highest BCUT2D eigenvalue weighted by Gasteiger charge is 2.21. The van der Waals surface area contributed by atoms with Crippen molar-refractivity contribution in [2.75, 3.05) is 77.6 Å². The van der Waals surface area contributed by atoms with Crippen LogP contribution in [-0.4, -0.2) is 89.5 Å². The smallest absolute Gasteiger partial charge is 0.224 e. The standard InChI is InChI=1S/C23H37N5O3.HI/c1-24-23(25-10-5-16-30-18-20-9-17-31-19-20)26-11-8-22(29)28-14-12-27(13-15-28)21-6-3-2-4-7-21;/h2-4,6-7,20H,5,8-19H2,1H3,(H2,24,25,26);1H. The fraction of sp³-hybridized carbons (Fsp3) is 0.652. The highest BCUT2D eigenvalue weighted by atomic mass is 127. The molecule has 1 aromatic rings. The Kier molecular flexibility index (Phi) is 12.7. The third kappa shape index (κ3) is 9.11.